The van der Waals surface area contributed by atoms with Crippen LogP contribution in [0, 0.1) is 0 Å². The summed E-state index contributed by atoms with van der Waals surface area (Å²) in [6, 6.07) is 65.6. The maximum atomic E-state index is 6.56. The van der Waals surface area contributed by atoms with Gasteiger partial charge in [-0.25, -0.2) is 4.98 Å². The first-order chi connectivity index (χ1) is 28.2. The van der Waals surface area contributed by atoms with Crippen LogP contribution in [-0.2, 0) is 0 Å². The highest BCUT2D eigenvalue weighted by Gasteiger charge is 2.20. The molecule has 0 unspecified atom stereocenters. The van der Waals surface area contributed by atoms with Crippen molar-refractivity contribution >= 4 is 65.6 Å². The fourth-order valence-corrected chi connectivity index (χ4v) is 8.55. The number of hydrogen-bond acceptors (Lipinski definition) is 4. The van der Waals surface area contributed by atoms with Crippen LogP contribution in [0.3, 0.4) is 0 Å². The van der Waals surface area contributed by atoms with Crippen LogP contribution in [0.15, 0.2) is 192 Å². The van der Waals surface area contributed by atoms with Gasteiger partial charge in [-0.1, -0.05) is 133 Å². The Kier molecular flexibility index (Phi) is 6.83. The molecule has 0 radical (unpaired) electrons. The van der Waals surface area contributed by atoms with Crippen LogP contribution >= 0.6 is 0 Å². The Hall–Kier alpha value is -7.83. The molecule has 12 aromatic rings. The smallest absolute Gasteiger partial charge is 0.238 e. The molecule has 0 aliphatic heterocycles. The van der Waals surface area contributed by atoms with Gasteiger partial charge in [0.15, 0.2) is 11.6 Å². The van der Waals surface area contributed by atoms with E-state index in [-0.39, 0.29) is 0 Å². The molecule has 0 aliphatic carbocycles. The van der Waals surface area contributed by atoms with Gasteiger partial charge in [0.1, 0.15) is 11.2 Å². The standard InChI is InChI=1S/C51H31N5O/c1-3-13-32(14-4-1)34-23-26-40-39-19-9-12-22-45(39)56(46(40)29-34)51-53-49(33-15-5-2-6-16-33)52-50(54-51)35-24-27-41-42-31-36(25-28-47(42)57-48(41)30-35)55-43-20-10-7-17-37(43)38-18-8-11-21-44(38)55/h1-31H. The molecule has 6 heteroatoms. The highest BCUT2D eigenvalue weighted by Crippen LogP contribution is 2.38. The highest BCUT2D eigenvalue weighted by atomic mass is 16.3. The summed E-state index contributed by atoms with van der Waals surface area (Å²) < 4.78 is 11.1. The molecule has 0 fully saturated rings. The number of fused-ring (bicyclic) bond motifs is 9. The number of benzene rings is 8. The van der Waals surface area contributed by atoms with E-state index >= 15 is 0 Å². The Morgan fingerprint density at radius 3 is 1.54 bits per heavy atom. The normalized spacial score (nSPS) is 11.9. The second-order valence-electron chi connectivity index (χ2n) is 14.5. The summed E-state index contributed by atoms with van der Waals surface area (Å²) in [7, 11) is 0. The quantitative estimate of drug-likeness (QED) is 0.177. The Morgan fingerprint density at radius 2 is 0.860 bits per heavy atom. The van der Waals surface area contributed by atoms with Gasteiger partial charge >= 0.3 is 0 Å². The van der Waals surface area contributed by atoms with Gasteiger partial charge in [0.2, 0.25) is 5.95 Å². The topological polar surface area (TPSA) is 61.7 Å². The zero-order valence-corrected chi connectivity index (χ0v) is 30.5. The van der Waals surface area contributed by atoms with Crippen LogP contribution in [0.5, 0.6) is 0 Å². The lowest BCUT2D eigenvalue weighted by Crippen LogP contribution is -2.06. The van der Waals surface area contributed by atoms with E-state index in [4.69, 9.17) is 19.4 Å². The largest absolute Gasteiger partial charge is 0.456 e. The van der Waals surface area contributed by atoms with Crippen LogP contribution in [0.1, 0.15) is 0 Å². The molecule has 266 valence electrons. The lowest BCUT2D eigenvalue weighted by Gasteiger charge is -2.11. The molecule has 0 saturated carbocycles. The minimum Gasteiger partial charge on any atom is -0.456 e. The predicted octanol–water partition coefficient (Wildman–Crippen LogP) is 13.0. The van der Waals surface area contributed by atoms with E-state index < -0.39 is 0 Å². The average Bonchev–Trinajstić information content (AvgIpc) is 3.93. The molecule has 4 heterocycles. The monoisotopic (exact) mass is 729 g/mol. The van der Waals surface area contributed by atoms with Crippen molar-refractivity contribution in [2.75, 3.05) is 0 Å². The molecule has 0 spiro atoms. The number of furan rings is 1. The van der Waals surface area contributed by atoms with Crippen LogP contribution in [0.2, 0.25) is 0 Å². The Labute approximate surface area is 326 Å². The minimum absolute atomic E-state index is 0.552. The third-order valence-electron chi connectivity index (χ3n) is 11.2. The summed E-state index contributed by atoms with van der Waals surface area (Å²) in [5.74, 6) is 1.72. The fourth-order valence-electron chi connectivity index (χ4n) is 8.55. The summed E-state index contributed by atoms with van der Waals surface area (Å²) in [6.45, 7) is 0. The van der Waals surface area contributed by atoms with Crippen LogP contribution < -0.4 is 0 Å². The fraction of sp³-hybridized carbons (Fsp3) is 0. The van der Waals surface area contributed by atoms with E-state index in [9.17, 15) is 0 Å². The van der Waals surface area contributed by atoms with Gasteiger partial charge in [0.05, 0.1) is 22.1 Å². The van der Waals surface area contributed by atoms with Crippen molar-refractivity contribution in [3.63, 3.8) is 0 Å². The molecule has 0 bridgehead atoms. The van der Waals surface area contributed by atoms with E-state index in [0.717, 1.165) is 71.7 Å². The molecule has 0 atom stereocenters. The van der Waals surface area contributed by atoms with Crippen molar-refractivity contribution in [2.45, 2.75) is 0 Å². The maximum Gasteiger partial charge on any atom is 0.238 e. The molecule has 0 saturated heterocycles. The molecule has 0 aliphatic rings. The van der Waals surface area contributed by atoms with E-state index in [0.29, 0.717) is 17.6 Å². The van der Waals surface area contributed by atoms with Crippen molar-refractivity contribution < 1.29 is 4.42 Å². The summed E-state index contributed by atoms with van der Waals surface area (Å²) in [5, 5.41) is 6.83. The predicted molar refractivity (Wildman–Crippen MR) is 232 cm³/mol. The van der Waals surface area contributed by atoms with Crippen molar-refractivity contribution in [3.8, 4) is 45.5 Å². The first-order valence-corrected chi connectivity index (χ1v) is 19.1. The lowest BCUT2D eigenvalue weighted by molar-refractivity contribution is 0.669. The number of para-hydroxylation sites is 3. The minimum atomic E-state index is 0.552. The zero-order valence-electron chi connectivity index (χ0n) is 30.5. The van der Waals surface area contributed by atoms with E-state index in [1.807, 2.05) is 36.4 Å². The van der Waals surface area contributed by atoms with E-state index in [1.165, 1.54) is 21.8 Å². The van der Waals surface area contributed by atoms with Gasteiger partial charge in [0.25, 0.3) is 0 Å². The molecular weight excluding hydrogens is 699 g/mol. The second-order valence-corrected chi connectivity index (χ2v) is 14.5. The van der Waals surface area contributed by atoms with Crippen molar-refractivity contribution in [2.24, 2.45) is 0 Å². The van der Waals surface area contributed by atoms with Gasteiger partial charge in [-0.3, -0.25) is 4.57 Å². The van der Waals surface area contributed by atoms with Crippen LogP contribution in [0.25, 0.3) is 111 Å². The molecule has 8 aromatic carbocycles. The number of nitrogens with zero attached hydrogens (tertiary/aromatic N) is 5. The van der Waals surface area contributed by atoms with Gasteiger partial charge in [-0.15, -0.1) is 0 Å². The highest BCUT2D eigenvalue weighted by molar-refractivity contribution is 6.12. The molecule has 57 heavy (non-hydrogen) atoms. The summed E-state index contributed by atoms with van der Waals surface area (Å²) >= 11 is 0. The van der Waals surface area contributed by atoms with Gasteiger partial charge in [-0.05, 0) is 65.7 Å². The number of hydrogen-bond donors (Lipinski definition) is 0. The molecule has 4 aromatic heterocycles. The third kappa shape index (κ3) is 4.94. The lowest BCUT2D eigenvalue weighted by atomic mass is 10.0. The van der Waals surface area contributed by atoms with Gasteiger partial charge in [0, 0.05) is 49.1 Å². The third-order valence-corrected chi connectivity index (χ3v) is 11.2. The first-order valence-electron chi connectivity index (χ1n) is 19.1. The second kappa shape index (κ2) is 12.3. The summed E-state index contributed by atoms with van der Waals surface area (Å²) in [6.07, 6.45) is 0. The van der Waals surface area contributed by atoms with Crippen LogP contribution in [0.4, 0.5) is 0 Å². The Bertz CT molecular complexity index is 3470. The number of rotatable bonds is 5. The molecular formula is C51H31N5O. The summed E-state index contributed by atoms with van der Waals surface area (Å²) in [5.41, 5.74) is 11.1. The van der Waals surface area contributed by atoms with Gasteiger partial charge < -0.3 is 8.98 Å². The molecule has 6 nitrogen and oxygen atoms in total. The zero-order chi connectivity index (χ0) is 37.5. The molecule has 12 rings (SSSR count). The maximum absolute atomic E-state index is 6.56. The van der Waals surface area contributed by atoms with E-state index in [1.54, 1.807) is 0 Å². The van der Waals surface area contributed by atoms with Crippen molar-refractivity contribution in [3.05, 3.63) is 188 Å². The Balaban J connectivity index is 1.04. The SMILES string of the molecule is c1ccc(-c2ccc3c4ccccc4n(-c4nc(-c5ccccc5)nc(-c5ccc6c(c5)oc5ccc(-n7c8ccccc8c8ccccc87)cc56)n4)c3c2)cc1. The first kappa shape index (κ1) is 31.5. The number of aromatic nitrogens is 5. The van der Waals surface area contributed by atoms with Crippen molar-refractivity contribution in [1.29, 1.82) is 0 Å². The van der Waals surface area contributed by atoms with Crippen molar-refractivity contribution in [1.82, 2.24) is 24.1 Å². The van der Waals surface area contributed by atoms with Crippen LogP contribution in [-0.4, -0.2) is 24.1 Å². The average molecular weight is 730 g/mol. The molecule has 0 amide bonds. The van der Waals surface area contributed by atoms with E-state index in [2.05, 4.69) is 161 Å². The van der Waals surface area contributed by atoms with Gasteiger partial charge in [-0.2, -0.15) is 9.97 Å². The molecule has 0 N–H and O–H groups in total. The Morgan fingerprint density at radius 1 is 0.316 bits per heavy atom. The summed E-state index contributed by atoms with van der Waals surface area (Å²) in [4.78, 5) is 15.5.